The van der Waals surface area contributed by atoms with Gasteiger partial charge in [-0.05, 0) is 31.4 Å². The normalized spacial score (nSPS) is 15.7. The van der Waals surface area contributed by atoms with Crippen LogP contribution in [0.25, 0.3) is 0 Å². The van der Waals surface area contributed by atoms with E-state index in [0.29, 0.717) is 37.4 Å². The highest BCUT2D eigenvalue weighted by molar-refractivity contribution is 7.90. The largest absolute Gasteiger partial charge is 0.463 e. The molecule has 154 valence electrons. The number of amidine groups is 1. The summed E-state index contributed by atoms with van der Waals surface area (Å²) < 4.78 is 36.2. The molecular weight excluding hydrogens is 384 g/mol. The van der Waals surface area contributed by atoms with Crippen LogP contribution >= 0.6 is 0 Å². The van der Waals surface area contributed by atoms with Gasteiger partial charge in [-0.1, -0.05) is 31.9 Å². The lowest BCUT2D eigenvalue weighted by atomic mass is 10.2. The van der Waals surface area contributed by atoms with E-state index in [1.807, 2.05) is 6.92 Å². The molecule has 28 heavy (non-hydrogen) atoms. The van der Waals surface area contributed by atoms with Crippen molar-refractivity contribution in [1.82, 2.24) is 4.72 Å². The van der Waals surface area contributed by atoms with Crippen molar-refractivity contribution in [3.05, 3.63) is 29.8 Å². The van der Waals surface area contributed by atoms with Crippen molar-refractivity contribution in [1.29, 1.82) is 0 Å². The lowest BCUT2D eigenvalue weighted by molar-refractivity contribution is -0.158. The van der Waals surface area contributed by atoms with E-state index in [0.717, 1.165) is 19.3 Å². The van der Waals surface area contributed by atoms with Crippen molar-refractivity contribution >= 4 is 27.8 Å². The summed E-state index contributed by atoms with van der Waals surface area (Å²) in [6, 6.07) is 6.70. The number of rotatable bonds is 11. The summed E-state index contributed by atoms with van der Waals surface area (Å²) in [5.74, 6) is -0.607. The van der Waals surface area contributed by atoms with Gasteiger partial charge in [-0.2, -0.15) is 0 Å². The fraction of sp³-hybridized carbons (Fsp3) is 0.526. The van der Waals surface area contributed by atoms with Gasteiger partial charge in [0.25, 0.3) is 10.0 Å². The minimum atomic E-state index is -3.51. The number of unbranched alkanes of at least 4 members (excludes halogenated alkanes) is 3. The Labute approximate surface area is 165 Å². The number of nitrogens with one attached hydrogen (secondary N) is 1. The number of esters is 2. The summed E-state index contributed by atoms with van der Waals surface area (Å²) in [7, 11) is -3.51. The highest BCUT2D eigenvalue weighted by Gasteiger charge is 2.29. The Morgan fingerprint density at radius 3 is 2.61 bits per heavy atom. The van der Waals surface area contributed by atoms with Crippen LogP contribution < -0.4 is 4.72 Å². The maximum Gasteiger partial charge on any atom is 0.344 e. The number of aliphatic imine (C=N–C) groups is 1. The first-order valence-electron chi connectivity index (χ1n) is 9.42. The maximum absolute atomic E-state index is 12.0. The van der Waals surface area contributed by atoms with Crippen LogP contribution in [0.15, 0.2) is 34.2 Å². The quantitative estimate of drug-likeness (QED) is 0.442. The molecule has 0 bridgehead atoms. The Bertz CT molecular complexity index is 819. The molecule has 1 N–H and O–H groups in total. The van der Waals surface area contributed by atoms with Gasteiger partial charge in [0.2, 0.25) is 0 Å². The first-order chi connectivity index (χ1) is 13.4. The van der Waals surface area contributed by atoms with E-state index < -0.39 is 22.0 Å². The van der Waals surface area contributed by atoms with Crippen LogP contribution in [0.4, 0.5) is 0 Å². The average molecular weight is 410 g/mol. The smallest absolute Gasteiger partial charge is 0.344 e. The Kier molecular flexibility index (Phi) is 8.43. The number of hydrogen-bond donors (Lipinski definition) is 1. The van der Waals surface area contributed by atoms with Gasteiger partial charge in [0, 0.05) is 18.5 Å². The van der Waals surface area contributed by atoms with Crippen LogP contribution in [0, 0.1) is 0 Å². The monoisotopic (exact) mass is 410 g/mol. The van der Waals surface area contributed by atoms with Crippen molar-refractivity contribution in [3.63, 3.8) is 0 Å². The number of sulfonamides is 1. The molecule has 2 rings (SSSR count). The number of fused-ring (bicyclic) bond motifs is 1. The summed E-state index contributed by atoms with van der Waals surface area (Å²) in [4.78, 5) is 27.5. The number of carbonyl (C=O) groups excluding carboxylic acids is 2. The third kappa shape index (κ3) is 6.63. The fourth-order valence-electron chi connectivity index (χ4n) is 2.58. The molecule has 0 saturated carbocycles. The molecular formula is C19H26N2O6S. The van der Waals surface area contributed by atoms with Gasteiger partial charge in [0.05, 0.1) is 11.5 Å². The highest BCUT2D eigenvalue weighted by Crippen LogP contribution is 2.22. The van der Waals surface area contributed by atoms with Gasteiger partial charge >= 0.3 is 11.9 Å². The Morgan fingerprint density at radius 1 is 1.04 bits per heavy atom. The second-order valence-corrected chi connectivity index (χ2v) is 8.03. The number of benzene rings is 1. The molecule has 1 heterocycles. The SMILES string of the molecule is CCCCOC(=O)COC(=O)CCCCCN=C1NS(=O)(=O)c2ccccc21. The average Bonchev–Trinajstić information content (AvgIpc) is 2.94. The van der Waals surface area contributed by atoms with Gasteiger partial charge in [-0.25, -0.2) is 13.2 Å². The molecule has 0 unspecified atom stereocenters. The molecule has 0 fully saturated rings. The van der Waals surface area contributed by atoms with Crippen molar-refractivity contribution in [2.75, 3.05) is 19.8 Å². The third-order valence-corrected chi connectivity index (χ3v) is 5.48. The molecule has 0 saturated heterocycles. The number of carbonyl (C=O) groups is 2. The molecule has 9 heteroatoms. The van der Waals surface area contributed by atoms with Crippen molar-refractivity contribution in [2.24, 2.45) is 4.99 Å². The molecule has 0 atom stereocenters. The van der Waals surface area contributed by atoms with E-state index in [9.17, 15) is 18.0 Å². The van der Waals surface area contributed by atoms with Gasteiger partial charge in [0.1, 0.15) is 5.84 Å². The lowest BCUT2D eigenvalue weighted by Gasteiger charge is -2.05. The molecule has 1 aliphatic rings. The molecule has 1 aliphatic heterocycles. The van der Waals surface area contributed by atoms with Crippen LogP contribution in [0.3, 0.4) is 0 Å². The Balaban J connectivity index is 1.62. The summed E-state index contributed by atoms with van der Waals surface area (Å²) in [5.41, 5.74) is 0.580. The summed E-state index contributed by atoms with van der Waals surface area (Å²) in [5, 5.41) is 0. The predicted octanol–water partition coefficient (Wildman–Crippen LogP) is 2.17. The van der Waals surface area contributed by atoms with E-state index in [2.05, 4.69) is 9.71 Å². The molecule has 0 radical (unpaired) electrons. The van der Waals surface area contributed by atoms with Crippen LogP contribution in [0.5, 0.6) is 0 Å². The summed E-state index contributed by atoms with van der Waals surface area (Å²) >= 11 is 0. The van der Waals surface area contributed by atoms with Gasteiger partial charge in [0.15, 0.2) is 6.61 Å². The van der Waals surface area contributed by atoms with Crippen LogP contribution in [0.2, 0.25) is 0 Å². The highest BCUT2D eigenvalue weighted by atomic mass is 32.2. The summed E-state index contributed by atoms with van der Waals surface area (Å²) in [6.07, 6.45) is 3.99. The second kappa shape index (κ2) is 10.8. The molecule has 0 aliphatic carbocycles. The second-order valence-electron chi connectivity index (χ2n) is 6.38. The zero-order valence-electron chi connectivity index (χ0n) is 16.0. The minimum Gasteiger partial charge on any atom is -0.463 e. The maximum atomic E-state index is 12.0. The molecule has 1 aromatic rings. The molecule has 1 aromatic carbocycles. The van der Waals surface area contributed by atoms with Gasteiger partial charge in [-0.15, -0.1) is 0 Å². The number of ether oxygens (including phenoxy) is 2. The first-order valence-corrected chi connectivity index (χ1v) is 10.9. The topological polar surface area (TPSA) is 111 Å². The number of nitrogens with zero attached hydrogens (tertiary/aromatic N) is 1. The molecule has 8 nitrogen and oxygen atoms in total. The number of hydrogen-bond acceptors (Lipinski definition) is 7. The van der Waals surface area contributed by atoms with Crippen LogP contribution in [-0.2, 0) is 29.1 Å². The van der Waals surface area contributed by atoms with Crippen molar-refractivity contribution in [3.8, 4) is 0 Å². The Morgan fingerprint density at radius 2 is 1.82 bits per heavy atom. The zero-order chi connectivity index (χ0) is 20.4. The molecule has 0 aromatic heterocycles. The van der Waals surface area contributed by atoms with E-state index in [1.54, 1.807) is 24.3 Å². The molecule has 0 spiro atoms. The third-order valence-electron chi connectivity index (χ3n) is 4.08. The Hall–Kier alpha value is -2.42. The van der Waals surface area contributed by atoms with Gasteiger partial charge in [-0.3, -0.25) is 14.5 Å². The van der Waals surface area contributed by atoms with E-state index in [1.165, 1.54) is 0 Å². The van der Waals surface area contributed by atoms with Crippen molar-refractivity contribution in [2.45, 2.75) is 50.3 Å². The van der Waals surface area contributed by atoms with Crippen LogP contribution in [-0.4, -0.2) is 46.0 Å². The van der Waals surface area contributed by atoms with Gasteiger partial charge < -0.3 is 9.47 Å². The van der Waals surface area contributed by atoms with Crippen LogP contribution in [0.1, 0.15) is 51.0 Å². The van der Waals surface area contributed by atoms with E-state index in [4.69, 9.17) is 9.47 Å². The zero-order valence-corrected chi connectivity index (χ0v) is 16.8. The fourth-order valence-corrected chi connectivity index (χ4v) is 3.83. The van der Waals surface area contributed by atoms with E-state index in [-0.39, 0.29) is 17.9 Å². The van der Waals surface area contributed by atoms with E-state index >= 15 is 0 Å². The standard InChI is InChI=1S/C19H26N2O6S/c1-2-3-13-26-18(23)14-27-17(22)11-5-4-8-12-20-19-15-9-6-7-10-16(15)28(24,25)21-19/h6-7,9-10H,2-5,8,11-14H2,1H3,(H,20,21). The first kappa shape index (κ1) is 21.9. The lowest BCUT2D eigenvalue weighted by Crippen LogP contribution is -2.22. The minimum absolute atomic E-state index is 0.217. The predicted molar refractivity (Wildman–Crippen MR) is 103 cm³/mol. The molecule has 0 amide bonds. The van der Waals surface area contributed by atoms with Crippen molar-refractivity contribution < 1.29 is 27.5 Å². The summed E-state index contributed by atoms with van der Waals surface area (Å²) in [6.45, 7) is 2.43.